The predicted molar refractivity (Wildman–Crippen MR) is 108 cm³/mol. The topological polar surface area (TPSA) is 58.7 Å². The fourth-order valence-electron chi connectivity index (χ4n) is 3.37. The Hall–Kier alpha value is -2.10. The number of rotatable bonds is 3. The molecule has 26 heavy (non-hydrogen) atoms. The van der Waals surface area contributed by atoms with Crippen LogP contribution in [-0.2, 0) is 12.8 Å². The molecule has 0 bridgehead atoms. The van der Waals surface area contributed by atoms with Crippen LogP contribution in [0.3, 0.4) is 0 Å². The van der Waals surface area contributed by atoms with Gasteiger partial charge < -0.3 is 0 Å². The van der Waals surface area contributed by atoms with Crippen molar-refractivity contribution in [1.29, 1.82) is 5.26 Å². The number of aromatic nitrogens is 2. The van der Waals surface area contributed by atoms with E-state index in [2.05, 4.69) is 6.07 Å². The molecule has 0 fully saturated rings. The Kier molecular flexibility index (Phi) is 4.60. The van der Waals surface area contributed by atoms with Gasteiger partial charge in [0.1, 0.15) is 4.83 Å². The van der Waals surface area contributed by atoms with E-state index in [-0.39, 0.29) is 10.8 Å². The molecule has 4 rings (SSSR count). The van der Waals surface area contributed by atoms with Crippen LogP contribution in [0.4, 0.5) is 0 Å². The summed E-state index contributed by atoms with van der Waals surface area (Å²) in [5.41, 5.74) is 3.13. The minimum Gasteiger partial charge on any atom is -0.268 e. The summed E-state index contributed by atoms with van der Waals surface area (Å²) in [5.74, 6) is 0. The van der Waals surface area contributed by atoms with Crippen LogP contribution in [-0.4, -0.2) is 14.8 Å². The summed E-state index contributed by atoms with van der Waals surface area (Å²) in [4.78, 5) is 20.4. The second kappa shape index (κ2) is 6.90. The van der Waals surface area contributed by atoms with Crippen molar-refractivity contribution in [2.45, 2.75) is 49.9 Å². The molecule has 0 aliphatic heterocycles. The quantitative estimate of drug-likeness (QED) is 0.490. The molecule has 0 spiro atoms. The van der Waals surface area contributed by atoms with Crippen molar-refractivity contribution in [3.8, 4) is 11.8 Å². The Bertz CT molecular complexity index is 1070. The van der Waals surface area contributed by atoms with Crippen LogP contribution >= 0.6 is 23.1 Å². The molecule has 6 heteroatoms. The zero-order valence-corrected chi connectivity index (χ0v) is 16.4. The van der Waals surface area contributed by atoms with Crippen molar-refractivity contribution < 1.29 is 0 Å². The summed E-state index contributed by atoms with van der Waals surface area (Å²) in [5, 5.41) is 10.3. The summed E-state index contributed by atoms with van der Waals surface area (Å²) in [6, 6.07) is 10.1. The van der Waals surface area contributed by atoms with Gasteiger partial charge in [-0.3, -0.25) is 9.36 Å². The van der Waals surface area contributed by atoms with Crippen LogP contribution in [0.1, 0.15) is 35.8 Å². The highest BCUT2D eigenvalue weighted by Gasteiger charge is 2.23. The molecule has 0 radical (unpaired) electrons. The molecule has 0 saturated carbocycles. The molecular weight excluding hydrogens is 362 g/mol. The standard InChI is InChI=1S/C20H19N3OS2/c1-12-7-9-14(10-8-12)23-19(24)17-15-5-3-4-6-16(15)26-18(17)22-20(23)25-13(2)11-21/h7-10,13H,3-6H2,1-2H3. The van der Waals surface area contributed by atoms with Crippen LogP contribution < -0.4 is 5.56 Å². The molecule has 0 amide bonds. The van der Waals surface area contributed by atoms with E-state index in [4.69, 9.17) is 4.98 Å². The molecule has 2 heterocycles. The predicted octanol–water partition coefficient (Wildman–Crippen LogP) is 4.64. The number of thiophene rings is 1. The highest BCUT2D eigenvalue weighted by atomic mass is 32.2. The molecule has 1 unspecified atom stereocenters. The Morgan fingerprint density at radius 2 is 2.00 bits per heavy atom. The number of hydrogen-bond acceptors (Lipinski definition) is 5. The van der Waals surface area contributed by atoms with Gasteiger partial charge in [0.15, 0.2) is 5.16 Å². The van der Waals surface area contributed by atoms with Gasteiger partial charge in [-0.15, -0.1) is 11.3 Å². The van der Waals surface area contributed by atoms with E-state index in [1.807, 2.05) is 38.1 Å². The minimum absolute atomic E-state index is 0.00843. The average Bonchev–Trinajstić information content (AvgIpc) is 3.01. The van der Waals surface area contributed by atoms with Crippen LogP contribution in [0.2, 0.25) is 0 Å². The molecular formula is C20H19N3OS2. The van der Waals surface area contributed by atoms with Gasteiger partial charge in [0, 0.05) is 4.88 Å². The second-order valence-electron chi connectivity index (χ2n) is 6.65. The summed E-state index contributed by atoms with van der Waals surface area (Å²) in [6.45, 7) is 3.86. The monoisotopic (exact) mass is 381 g/mol. The Labute approximate surface area is 160 Å². The molecule has 2 aromatic heterocycles. The van der Waals surface area contributed by atoms with Crippen LogP contribution in [0.5, 0.6) is 0 Å². The molecule has 4 nitrogen and oxygen atoms in total. The van der Waals surface area contributed by atoms with Gasteiger partial charge in [-0.1, -0.05) is 29.5 Å². The third-order valence-electron chi connectivity index (χ3n) is 4.71. The third-order valence-corrected chi connectivity index (χ3v) is 6.84. The van der Waals surface area contributed by atoms with Crippen molar-refractivity contribution in [3.63, 3.8) is 0 Å². The van der Waals surface area contributed by atoms with E-state index in [0.29, 0.717) is 5.16 Å². The summed E-state index contributed by atoms with van der Waals surface area (Å²) >= 11 is 2.99. The zero-order valence-electron chi connectivity index (χ0n) is 14.8. The smallest absolute Gasteiger partial charge is 0.267 e. The SMILES string of the molecule is Cc1ccc(-n2c(SC(C)C#N)nc3sc4c(c3c2=O)CCCC4)cc1. The molecule has 0 N–H and O–H groups in total. The van der Waals surface area contributed by atoms with E-state index < -0.39 is 0 Å². The van der Waals surface area contributed by atoms with Gasteiger partial charge in [0.2, 0.25) is 0 Å². The average molecular weight is 382 g/mol. The van der Waals surface area contributed by atoms with Crippen LogP contribution in [0, 0.1) is 18.3 Å². The van der Waals surface area contributed by atoms with E-state index in [1.54, 1.807) is 15.9 Å². The third kappa shape index (κ3) is 2.95. The maximum Gasteiger partial charge on any atom is 0.267 e. The summed E-state index contributed by atoms with van der Waals surface area (Å²) in [7, 11) is 0. The Morgan fingerprint density at radius 3 is 2.73 bits per heavy atom. The minimum atomic E-state index is -0.273. The highest BCUT2D eigenvalue weighted by molar-refractivity contribution is 8.00. The fraction of sp³-hybridized carbons (Fsp3) is 0.350. The largest absolute Gasteiger partial charge is 0.268 e. The maximum absolute atomic E-state index is 13.5. The van der Waals surface area contributed by atoms with E-state index in [1.165, 1.54) is 28.6 Å². The van der Waals surface area contributed by atoms with Gasteiger partial charge in [0.05, 0.1) is 22.4 Å². The number of benzene rings is 1. The molecule has 1 aromatic carbocycles. The fourth-order valence-corrected chi connectivity index (χ4v) is 5.49. The number of hydrogen-bond donors (Lipinski definition) is 0. The first-order valence-electron chi connectivity index (χ1n) is 8.79. The van der Waals surface area contributed by atoms with Crippen molar-refractivity contribution >= 4 is 33.3 Å². The van der Waals surface area contributed by atoms with E-state index in [9.17, 15) is 10.1 Å². The number of nitriles is 1. The molecule has 1 atom stereocenters. The van der Waals surface area contributed by atoms with Crippen molar-refractivity contribution in [1.82, 2.24) is 9.55 Å². The zero-order chi connectivity index (χ0) is 18.3. The van der Waals surface area contributed by atoms with Gasteiger partial charge in [-0.25, -0.2) is 4.98 Å². The van der Waals surface area contributed by atoms with E-state index >= 15 is 0 Å². The van der Waals surface area contributed by atoms with Gasteiger partial charge in [-0.05, 0) is 57.2 Å². The maximum atomic E-state index is 13.5. The lowest BCUT2D eigenvalue weighted by Gasteiger charge is -2.14. The van der Waals surface area contributed by atoms with Crippen molar-refractivity contribution in [2.75, 3.05) is 0 Å². The second-order valence-corrected chi connectivity index (χ2v) is 9.04. The van der Waals surface area contributed by atoms with Gasteiger partial charge >= 0.3 is 0 Å². The lowest BCUT2D eigenvalue weighted by Crippen LogP contribution is -2.22. The molecule has 1 aliphatic rings. The highest BCUT2D eigenvalue weighted by Crippen LogP contribution is 2.35. The first-order chi connectivity index (χ1) is 12.6. The molecule has 3 aromatic rings. The van der Waals surface area contributed by atoms with Crippen LogP contribution in [0.25, 0.3) is 15.9 Å². The van der Waals surface area contributed by atoms with Gasteiger partial charge in [0.25, 0.3) is 5.56 Å². The number of nitrogens with zero attached hydrogens (tertiary/aromatic N) is 3. The Morgan fingerprint density at radius 1 is 1.27 bits per heavy atom. The molecule has 1 aliphatic carbocycles. The number of aryl methyl sites for hydroxylation is 3. The Balaban J connectivity index is 2.01. The van der Waals surface area contributed by atoms with Crippen molar-refractivity contribution in [3.05, 3.63) is 50.6 Å². The lowest BCUT2D eigenvalue weighted by atomic mass is 9.97. The number of thioether (sulfide) groups is 1. The summed E-state index contributed by atoms with van der Waals surface area (Å²) < 4.78 is 1.68. The molecule has 132 valence electrons. The van der Waals surface area contributed by atoms with E-state index in [0.717, 1.165) is 40.7 Å². The number of fused-ring (bicyclic) bond motifs is 3. The first-order valence-corrected chi connectivity index (χ1v) is 10.5. The first kappa shape index (κ1) is 17.3. The van der Waals surface area contributed by atoms with Crippen LogP contribution in [0.15, 0.2) is 34.2 Å². The molecule has 0 saturated heterocycles. The van der Waals surface area contributed by atoms with Crippen molar-refractivity contribution in [2.24, 2.45) is 0 Å². The lowest BCUT2D eigenvalue weighted by molar-refractivity contribution is 0.699. The normalized spacial score (nSPS) is 14.8. The summed E-state index contributed by atoms with van der Waals surface area (Å²) in [6.07, 6.45) is 4.31. The van der Waals surface area contributed by atoms with Gasteiger partial charge in [-0.2, -0.15) is 5.26 Å².